The first kappa shape index (κ1) is 15.6. The summed E-state index contributed by atoms with van der Waals surface area (Å²) in [5.74, 6) is -0.685. The zero-order valence-electron chi connectivity index (χ0n) is 12.3. The van der Waals surface area contributed by atoms with Crippen LogP contribution in [0.4, 0.5) is 0 Å². The van der Waals surface area contributed by atoms with Crippen molar-refractivity contribution < 1.29 is 18.7 Å². The summed E-state index contributed by atoms with van der Waals surface area (Å²) in [6.07, 6.45) is 0.729. The Kier molecular flexibility index (Phi) is 4.09. The largest absolute Gasteiger partial charge is 0.459 e. The van der Waals surface area contributed by atoms with E-state index in [-0.39, 0.29) is 12.5 Å². The number of aryl methyl sites for hydroxylation is 1. The second-order valence-electron chi connectivity index (χ2n) is 5.45. The molecule has 0 radical (unpaired) electrons. The van der Waals surface area contributed by atoms with Crippen molar-refractivity contribution in [3.8, 4) is 0 Å². The lowest BCUT2D eigenvalue weighted by Gasteiger charge is -2.11. The smallest absolute Gasteiger partial charge is 0.336 e. The molecule has 1 aromatic heterocycles. The van der Waals surface area contributed by atoms with Crippen LogP contribution in [-0.4, -0.2) is 17.9 Å². The number of benzene rings is 1. The minimum atomic E-state index is -0.625. The summed E-state index contributed by atoms with van der Waals surface area (Å²) in [6, 6.07) is 3.99. The van der Waals surface area contributed by atoms with Crippen LogP contribution in [0, 0.1) is 6.92 Å². The molecule has 0 bridgehead atoms. The maximum absolute atomic E-state index is 11.9. The third kappa shape index (κ3) is 3.22. The fraction of sp³-hybridized carbons (Fsp3) is 0.312. The third-order valence-corrected chi connectivity index (χ3v) is 4.17. The van der Waals surface area contributed by atoms with Crippen molar-refractivity contribution in [2.45, 2.75) is 32.4 Å². The number of halogens is 1. The van der Waals surface area contributed by atoms with E-state index in [1.807, 2.05) is 0 Å². The molecule has 1 saturated heterocycles. The topological polar surface area (TPSA) is 85.6 Å². The fourth-order valence-electron chi connectivity index (χ4n) is 2.51. The molecule has 1 aromatic carbocycles. The molecular formula is C16H14ClNO5. The number of carbonyl (C=O) groups is 2. The Morgan fingerprint density at radius 1 is 1.39 bits per heavy atom. The number of nitrogens with one attached hydrogen (secondary N) is 1. The van der Waals surface area contributed by atoms with Gasteiger partial charge in [0, 0.05) is 28.5 Å². The molecule has 1 aliphatic rings. The zero-order chi connectivity index (χ0) is 16.6. The molecule has 2 aromatic rings. The second kappa shape index (κ2) is 6.04. The Morgan fingerprint density at radius 3 is 2.87 bits per heavy atom. The van der Waals surface area contributed by atoms with Gasteiger partial charge in [0.05, 0.1) is 0 Å². The first-order valence-electron chi connectivity index (χ1n) is 7.13. The molecule has 0 unspecified atom stereocenters. The summed E-state index contributed by atoms with van der Waals surface area (Å²) in [7, 11) is 0. The molecule has 1 N–H and O–H groups in total. The highest BCUT2D eigenvalue weighted by molar-refractivity contribution is 6.32. The Labute approximate surface area is 136 Å². The van der Waals surface area contributed by atoms with Gasteiger partial charge in [0.25, 0.3) is 0 Å². The number of rotatable bonds is 3. The quantitative estimate of drug-likeness (QED) is 0.685. The summed E-state index contributed by atoms with van der Waals surface area (Å²) < 4.78 is 10.4. The van der Waals surface area contributed by atoms with Crippen molar-refractivity contribution in [3.05, 3.63) is 44.8 Å². The van der Waals surface area contributed by atoms with Crippen molar-refractivity contribution >= 4 is 34.4 Å². The van der Waals surface area contributed by atoms with Gasteiger partial charge in [0.1, 0.15) is 18.2 Å². The van der Waals surface area contributed by atoms with Crippen LogP contribution in [0.1, 0.15) is 24.0 Å². The number of esters is 1. The van der Waals surface area contributed by atoms with Gasteiger partial charge in [-0.1, -0.05) is 11.6 Å². The van der Waals surface area contributed by atoms with Gasteiger partial charge in [-0.3, -0.25) is 4.79 Å². The normalized spacial score (nSPS) is 17.3. The van der Waals surface area contributed by atoms with Crippen LogP contribution in [-0.2, 0) is 20.9 Å². The van der Waals surface area contributed by atoms with E-state index < -0.39 is 17.6 Å². The number of ether oxygens (including phenoxy) is 1. The molecule has 0 spiro atoms. The summed E-state index contributed by atoms with van der Waals surface area (Å²) >= 11 is 6.11. The summed E-state index contributed by atoms with van der Waals surface area (Å²) in [5, 5.41) is 3.68. The maximum atomic E-state index is 11.9. The molecule has 1 atom stereocenters. The van der Waals surface area contributed by atoms with Crippen LogP contribution in [0.3, 0.4) is 0 Å². The highest BCUT2D eigenvalue weighted by Crippen LogP contribution is 2.25. The van der Waals surface area contributed by atoms with E-state index in [1.165, 1.54) is 6.07 Å². The SMILES string of the molecule is Cc1cc2oc(=O)cc(COC(=O)[C@@H]3CCC(=O)N3)c2cc1Cl. The molecule has 0 saturated carbocycles. The number of hydrogen-bond acceptors (Lipinski definition) is 5. The predicted molar refractivity (Wildman–Crippen MR) is 83.2 cm³/mol. The standard InChI is InChI=1S/C16H14ClNO5/c1-8-4-13-10(6-11(8)17)9(5-15(20)23-13)7-22-16(21)12-2-3-14(19)18-12/h4-6,12H,2-3,7H2,1H3,(H,18,19)/t12-/m0/s1. The average Bonchev–Trinajstić information content (AvgIpc) is 2.93. The fourth-order valence-corrected chi connectivity index (χ4v) is 2.67. The van der Waals surface area contributed by atoms with Gasteiger partial charge < -0.3 is 14.5 Å². The van der Waals surface area contributed by atoms with Crippen LogP contribution in [0.2, 0.25) is 5.02 Å². The van der Waals surface area contributed by atoms with Crippen molar-refractivity contribution in [1.82, 2.24) is 5.32 Å². The van der Waals surface area contributed by atoms with Crippen LogP contribution >= 0.6 is 11.6 Å². The predicted octanol–water partition coefficient (Wildman–Crippen LogP) is 2.08. The van der Waals surface area contributed by atoms with Crippen molar-refractivity contribution in [1.29, 1.82) is 0 Å². The van der Waals surface area contributed by atoms with Gasteiger partial charge >= 0.3 is 11.6 Å². The van der Waals surface area contributed by atoms with E-state index in [0.717, 1.165) is 5.56 Å². The van der Waals surface area contributed by atoms with Crippen molar-refractivity contribution in [2.24, 2.45) is 0 Å². The van der Waals surface area contributed by atoms with Gasteiger partial charge in [0.2, 0.25) is 5.91 Å². The van der Waals surface area contributed by atoms with Crippen LogP contribution < -0.4 is 10.9 Å². The second-order valence-corrected chi connectivity index (χ2v) is 5.86. The molecule has 1 fully saturated rings. The Bertz CT molecular complexity index is 857. The van der Waals surface area contributed by atoms with Crippen molar-refractivity contribution in [3.63, 3.8) is 0 Å². The Hall–Kier alpha value is -2.34. The van der Waals surface area contributed by atoms with E-state index in [2.05, 4.69) is 5.32 Å². The van der Waals surface area contributed by atoms with Gasteiger partial charge in [0.15, 0.2) is 0 Å². The lowest BCUT2D eigenvalue weighted by molar-refractivity contribution is -0.147. The van der Waals surface area contributed by atoms with E-state index in [4.69, 9.17) is 20.8 Å². The minimum absolute atomic E-state index is 0.0906. The highest BCUT2D eigenvalue weighted by Gasteiger charge is 2.28. The van der Waals surface area contributed by atoms with E-state index >= 15 is 0 Å². The molecule has 1 aliphatic heterocycles. The molecule has 3 rings (SSSR count). The molecule has 120 valence electrons. The number of hydrogen-bond donors (Lipinski definition) is 1. The molecular weight excluding hydrogens is 322 g/mol. The lowest BCUT2D eigenvalue weighted by atomic mass is 10.1. The van der Waals surface area contributed by atoms with E-state index in [1.54, 1.807) is 19.1 Å². The first-order chi connectivity index (χ1) is 10.9. The van der Waals surface area contributed by atoms with E-state index in [0.29, 0.717) is 34.4 Å². The Balaban J connectivity index is 1.85. The average molecular weight is 336 g/mol. The molecule has 0 aliphatic carbocycles. The van der Waals surface area contributed by atoms with Crippen LogP contribution in [0.15, 0.2) is 27.4 Å². The summed E-state index contributed by atoms with van der Waals surface area (Å²) in [5.41, 5.74) is 1.15. The summed E-state index contributed by atoms with van der Waals surface area (Å²) in [6.45, 7) is 1.71. The monoisotopic (exact) mass is 335 g/mol. The summed E-state index contributed by atoms with van der Waals surface area (Å²) in [4.78, 5) is 34.7. The van der Waals surface area contributed by atoms with Crippen LogP contribution in [0.5, 0.6) is 0 Å². The molecule has 23 heavy (non-hydrogen) atoms. The Morgan fingerprint density at radius 2 is 2.17 bits per heavy atom. The van der Waals surface area contributed by atoms with Gasteiger partial charge in [-0.25, -0.2) is 9.59 Å². The van der Waals surface area contributed by atoms with Crippen LogP contribution in [0.25, 0.3) is 11.0 Å². The van der Waals surface area contributed by atoms with Crippen molar-refractivity contribution in [2.75, 3.05) is 0 Å². The number of amides is 1. The first-order valence-corrected chi connectivity index (χ1v) is 7.51. The highest BCUT2D eigenvalue weighted by atomic mass is 35.5. The third-order valence-electron chi connectivity index (χ3n) is 3.76. The minimum Gasteiger partial charge on any atom is -0.459 e. The number of carbonyl (C=O) groups excluding carboxylic acids is 2. The maximum Gasteiger partial charge on any atom is 0.336 e. The molecule has 6 nitrogen and oxygen atoms in total. The zero-order valence-corrected chi connectivity index (χ0v) is 13.1. The molecule has 1 amide bonds. The molecule has 2 heterocycles. The van der Waals surface area contributed by atoms with Gasteiger partial charge in [-0.2, -0.15) is 0 Å². The number of fused-ring (bicyclic) bond motifs is 1. The van der Waals surface area contributed by atoms with Gasteiger partial charge in [-0.15, -0.1) is 0 Å². The van der Waals surface area contributed by atoms with E-state index in [9.17, 15) is 14.4 Å². The molecule has 7 heteroatoms. The van der Waals surface area contributed by atoms with Gasteiger partial charge in [-0.05, 0) is 31.0 Å². The lowest BCUT2D eigenvalue weighted by Crippen LogP contribution is -2.34.